The van der Waals surface area contributed by atoms with E-state index < -0.39 is 0 Å². The number of nitrogen functional groups attached to an aromatic ring is 1. The first-order chi connectivity index (χ1) is 8.08. The number of aromatic nitrogens is 2. The highest BCUT2D eigenvalue weighted by molar-refractivity contribution is 6.07. The molecule has 2 aromatic rings. The number of benzene rings is 1. The lowest BCUT2D eigenvalue weighted by Crippen LogP contribution is -2.16. The quantitative estimate of drug-likeness (QED) is 0.769. The molecule has 0 saturated carbocycles. The molecule has 0 saturated heterocycles. The molecule has 0 atom stereocenters. The third kappa shape index (κ3) is 2.28. The van der Waals surface area contributed by atoms with Crippen LogP contribution in [0.5, 0.6) is 0 Å². The highest BCUT2D eigenvalue weighted by Crippen LogP contribution is 2.15. The van der Waals surface area contributed by atoms with E-state index in [0.29, 0.717) is 17.1 Å². The predicted molar refractivity (Wildman–Crippen MR) is 66.8 cm³/mol. The molecule has 0 radical (unpaired) electrons. The van der Waals surface area contributed by atoms with Crippen molar-refractivity contribution in [3.05, 3.63) is 41.6 Å². The van der Waals surface area contributed by atoms with E-state index in [4.69, 9.17) is 5.73 Å². The largest absolute Gasteiger partial charge is 0.398 e. The Balaban J connectivity index is 2.23. The molecule has 5 heteroatoms. The number of amides is 1. The van der Waals surface area contributed by atoms with E-state index in [1.54, 1.807) is 36.1 Å². The molecule has 0 aliphatic heterocycles. The molecule has 0 aliphatic carbocycles. The summed E-state index contributed by atoms with van der Waals surface area (Å²) in [5.74, 6) is 0.404. The van der Waals surface area contributed by atoms with Crippen molar-refractivity contribution in [2.24, 2.45) is 7.05 Å². The fourth-order valence-corrected chi connectivity index (χ4v) is 1.57. The topological polar surface area (TPSA) is 72.9 Å². The number of nitrogens with two attached hydrogens (primary N) is 1. The zero-order valence-corrected chi connectivity index (χ0v) is 9.77. The number of carbonyl (C=O) groups excluding carboxylic acids is 1. The molecule has 0 spiro atoms. The highest BCUT2D eigenvalue weighted by Gasteiger charge is 2.11. The van der Waals surface area contributed by atoms with E-state index in [-0.39, 0.29) is 5.91 Å². The predicted octanol–water partition coefficient (Wildman–Crippen LogP) is 1.56. The van der Waals surface area contributed by atoms with Crippen molar-refractivity contribution in [2.75, 3.05) is 11.1 Å². The van der Waals surface area contributed by atoms with Crippen LogP contribution in [0.2, 0.25) is 0 Å². The number of hydrogen-bond acceptors (Lipinski definition) is 3. The van der Waals surface area contributed by atoms with Gasteiger partial charge in [0.25, 0.3) is 5.91 Å². The van der Waals surface area contributed by atoms with Gasteiger partial charge in [-0.3, -0.25) is 9.48 Å². The Morgan fingerprint density at radius 3 is 2.76 bits per heavy atom. The van der Waals surface area contributed by atoms with Crippen LogP contribution in [0.3, 0.4) is 0 Å². The van der Waals surface area contributed by atoms with Gasteiger partial charge in [0.15, 0.2) is 0 Å². The molecule has 1 aromatic carbocycles. The Hall–Kier alpha value is -2.30. The van der Waals surface area contributed by atoms with E-state index in [0.717, 1.165) is 5.56 Å². The molecule has 2 rings (SSSR count). The van der Waals surface area contributed by atoms with Crippen LogP contribution < -0.4 is 11.1 Å². The molecular weight excluding hydrogens is 216 g/mol. The van der Waals surface area contributed by atoms with Gasteiger partial charge >= 0.3 is 0 Å². The summed E-state index contributed by atoms with van der Waals surface area (Å²) < 4.78 is 1.59. The molecule has 88 valence electrons. The lowest BCUT2D eigenvalue weighted by atomic mass is 10.1. The number of anilines is 2. The summed E-state index contributed by atoms with van der Waals surface area (Å²) >= 11 is 0. The first-order valence-electron chi connectivity index (χ1n) is 5.23. The normalized spacial score (nSPS) is 10.2. The average molecular weight is 230 g/mol. The molecule has 1 heterocycles. The first kappa shape index (κ1) is 11.2. The van der Waals surface area contributed by atoms with Gasteiger partial charge < -0.3 is 11.1 Å². The third-order valence-corrected chi connectivity index (χ3v) is 2.51. The van der Waals surface area contributed by atoms with Crippen molar-refractivity contribution >= 4 is 17.4 Å². The third-order valence-electron chi connectivity index (χ3n) is 2.51. The fraction of sp³-hybridized carbons (Fsp3) is 0.167. The SMILES string of the molecule is Cc1ccc(C(=O)Nc2ccnn2C)c(N)c1. The van der Waals surface area contributed by atoms with Gasteiger partial charge in [-0.25, -0.2) is 0 Å². The maximum absolute atomic E-state index is 12.0. The Kier molecular flexibility index (Phi) is 2.82. The van der Waals surface area contributed by atoms with Gasteiger partial charge in [0.2, 0.25) is 0 Å². The van der Waals surface area contributed by atoms with Crippen LogP contribution in [-0.4, -0.2) is 15.7 Å². The Labute approximate surface area is 99.2 Å². The molecule has 0 aliphatic rings. The molecule has 1 amide bonds. The van der Waals surface area contributed by atoms with Gasteiger partial charge in [0.1, 0.15) is 5.82 Å². The maximum Gasteiger partial charge on any atom is 0.258 e. The average Bonchev–Trinajstić information content (AvgIpc) is 2.64. The maximum atomic E-state index is 12.0. The summed E-state index contributed by atoms with van der Waals surface area (Å²) in [7, 11) is 1.76. The second-order valence-corrected chi connectivity index (χ2v) is 3.88. The van der Waals surface area contributed by atoms with Gasteiger partial charge in [-0.1, -0.05) is 6.07 Å². The van der Waals surface area contributed by atoms with Gasteiger partial charge in [0, 0.05) is 18.8 Å². The lowest BCUT2D eigenvalue weighted by molar-refractivity contribution is 0.102. The smallest absolute Gasteiger partial charge is 0.258 e. The van der Waals surface area contributed by atoms with Crippen LogP contribution in [0, 0.1) is 6.92 Å². The van der Waals surface area contributed by atoms with Crippen LogP contribution in [0.1, 0.15) is 15.9 Å². The zero-order chi connectivity index (χ0) is 12.4. The minimum Gasteiger partial charge on any atom is -0.398 e. The van der Waals surface area contributed by atoms with Crippen LogP contribution in [0.4, 0.5) is 11.5 Å². The molecular formula is C12H14N4O. The Morgan fingerprint density at radius 1 is 1.41 bits per heavy atom. The van der Waals surface area contributed by atoms with Crippen molar-refractivity contribution < 1.29 is 4.79 Å². The molecule has 3 N–H and O–H groups in total. The summed E-state index contributed by atoms with van der Waals surface area (Å²) in [6.07, 6.45) is 1.62. The Morgan fingerprint density at radius 2 is 2.18 bits per heavy atom. The fourth-order valence-electron chi connectivity index (χ4n) is 1.57. The second-order valence-electron chi connectivity index (χ2n) is 3.88. The van der Waals surface area contributed by atoms with E-state index in [9.17, 15) is 4.79 Å². The molecule has 17 heavy (non-hydrogen) atoms. The molecule has 5 nitrogen and oxygen atoms in total. The van der Waals surface area contributed by atoms with Crippen LogP contribution in [-0.2, 0) is 7.05 Å². The number of hydrogen-bond donors (Lipinski definition) is 2. The second kappa shape index (κ2) is 4.29. The van der Waals surface area contributed by atoms with E-state index >= 15 is 0 Å². The standard InChI is InChI=1S/C12H14N4O/c1-8-3-4-9(10(13)7-8)12(17)15-11-5-6-14-16(11)2/h3-7H,13H2,1-2H3,(H,15,17). The number of carbonyl (C=O) groups is 1. The van der Waals surface area contributed by atoms with E-state index in [1.807, 2.05) is 13.0 Å². The first-order valence-corrected chi connectivity index (χ1v) is 5.23. The summed E-state index contributed by atoms with van der Waals surface area (Å²) in [4.78, 5) is 12.0. The van der Waals surface area contributed by atoms with Gasteiger partial charge in [0.05, 0.1) is 11.8 Å². The van der Waals surface area contributed by atoms with Crippen molar-refractivity contribution in [2.45, 2.75) is 6.92 Å². The summed E-state index contributed by atoms with van der Waals surface area (Å²) in [6.45, 7) is 1.93. The van der Waals surface area contributed by atoms with Crippen LogP contribution in [0.15, 0.2) is 30.5 Å². The number of aryl methyl sites for hydroxylation is 2. The van der Waals surface area contributed by atoms with Gasteiger partial charge in [-0.15, -0.1) is 0 Å². The van der Waals surface area contributed by atoms with E-state index in [2.05, 4.69) is 10.4 Å². The zero-order valence-electron chi connectivity index (χ0n) is 9.77. The summed E-state index contributed by atoms with van der Waals surface area (Å²) in [5.41, 5.74) is 7.78. The number of rotatable bonds is 2. The van der Waals surface area contributed by atoms with Gasteiger partial charge in [-0.05, 0) is 24.6 Å². The van der Waals surface area contributed by atoms with Crippen molar-refractivity contribution in [1.29, 1.82) is 0 Å². The monoisotopic (exact) mass is 230 g/mol. The molecule has 0 fully saturated rings. The minimum atomic E-state index is -0.230. The molecule has 1 aromatic heterocycles. The number of nitrogens with zero attached hydrogens (tertiary/aromatic N) is 2. The summed E-state index contributed by atoms with van der Waals surface area (Å²) in [6, 6.07) is 7.07. The van der Waals surface area contributed by atoms with Crippen molar-refractivity contribution in [3.63, 3.8) is 0 Å². The summed E-state index contributed by atoms with van der Waals surface area (Å²) in [5, 5.41) is 6.72. The van der Waals surface area contributed by atoms with E-state index in [1.165, 1.54) is 0 Å². The Bertz CT molecular complexity index is 559. The highest BCUT2D eigenvalue weighted by atomic mass is 16.1. The lowest BCUT2D eigenvalue weighted by Gasteiger charge is -2.08. The minimum absolute atomic E-state index is 0.230. The molecule has 0 bridgehead atoms. The van der Waals surface area contributed by atoms with Crippen molar-refractivity contribution in [1.82, 2.24) is 9.78 Å². The molecule has 0 unspecified atom stereocenters. The van der Waals surface area contributed by atoms with Crippen LogP contribution >= 0.6 is 0 Å². The number of nitrogens with one attached hydrogen (secondary N) is 1. The van der Waals surface area contributed by atoms with Crippen LogP contribution in [0.25, 0.3) is 0 Å². The van der Waals surface area contributed by atoms with Gasteiger partial charge in [-0.2, -0.15) is 5.10 Å². The van der Waals surface area contributed by atoms with Crippen molar-refractivity contribution in [3.8, 4) is 0 Å².